The van der Waals surface area contributed by atoms with Crippen molar-refractivity contribution < 1.29 is 14.7 Å². The van der Waals surface area contributed by atoms with E-state index in [0.29, 0.717) is 6.54 Å². The second kappa shape index (κ2) is 2.28. The van der Waals surface area contributed by atoms with E-state index in [0.717, 1.165) is 0 Å². The average molecular weight is 143 g/mol. The fourth-order valence-electron chi connectivity index (χ4n) is 1.10. The first-order valence-electron chi connectivity index (χ1n) is 3.13. The molecule has 0 aliphatic carbocycles. The molecule has 0 aromatic rings. The summed E-state index contributed by atoms with van der Waals surface area (Å²) < 4.78 is 0. The molecule has 0 aromatic carbocycles. The van der Waals surface area contributed by atoms with Gasteiger partial charge in [0.25, 0.3) is 0 Å². The van der Waals surface area contributed by atoms with E-state index in [4.69, 9.17) is 5.11 Å². The van der Waals surface area contributed by atoms with Gasteiger partial charge in [0.05, 0.1) is 0 Å². The number of nitrogens with one attached hydrogen (secondary N) is 1. The molecule has 0 bridgehead atoms. The van der Waals surface area contributed by atoms with E-state index in [2.05, 4.69) is 5.32 Å². The van der Waals surface area contributed by atoms with Gasteiger partial charge in [-0.3, -0.25) is 9.59 Å². The highest BCUT2D eigenvalue weighted by atomic mass is 16.4. The third kappa shape index (κ3) is 0.964. The molecule has 1 rings (SSSR count). The van der Waals surface area contributed by atoms with Gasteiger partial charge in [-0.2, -0.15) is 0 Å². The molecule has 2 N–H and O–H groups in total. The highest BCUT2D eigenvalue weighted by molar-refractivity contribution is 5.98. The van der Waals surface area contributed by atoms with Crippen LogP contribution in [0.4, 0.5) is 0 Å². The van der Waals surface area contributed by atoms with E-state index in [1.807, 2.05) is 0 Å². The van der Waals surface area contributed by atoms with Crippen LogP contribution in [0.3, 0.4) is 0 Å². The number of amides is 1. The average Bonchev–Trinajstić information content (AvgIpc) is 2.11. The standard InChI is InChI=1S/C6H9NO3/c1-3-2-7-5(8)4(3)6(9)10/h3-4H,2H2,1H3,(H,7,8)(H,9,10)/t3-,4+/m1/s1. The van der Waals surface area contributed by atoms with Gasteiger partial charge in [0.2, 0.25) is 5.91 Å². The Balaban J connectivity index is 2.72. The van der Waals surface area contributed by atoms with Crippen LogP contribution in [0.15, 0.2) is 0 Å². The molecule has 4 heteroatoms. The molecule has 0 saturated carbocycles. The van der Waals surface area contributed by atoms with Crippen LogP contribution in [0.25, 0.3) is 0 Å². The van der Waals surface area contributed by atoms with Gasteiger partial charge in [0.15, 0.2) is 0 Å². The van der Waals surface area contributed by atoms with Crippen molar-refractivity contribution >= 4 is 11.9 Å². The molecule has 0 aromatic heterocycles. The van der Waals surface area contributed by atoms with Crippen molar-refractivity contribution in [2.45, 2.75) is 6.92 Å². The number of carbonyl (C=O) groups excluding carboxylic acids is 1. The molecule has 1 aliphatic rings. The van der Waals surface area contributed by atoms with Gasteiger partial charge < -0.3 is 10.4 Å². The normalized spacial score (nSPS) is 31.9. The van der Waals surface area contributed by atoms with Crippen LogP contribution in [-0.4, -0.2) is 23.5 Å². The topological polar surface area (TPSA) is 66.4 Å². The van der Waals surface area contributed by atoms with Crippen LogP contribution >= 0.6 is 0 Å². The van der Waals surface area contributed by atoms with Crippen molar-refractivity contribution in [1.29, 1.82) is 0 Å². The molecule has 10 heavy (non-hydrogen) atoms. The zero-order valence-corrected chi connectivity index (χ0v) is 5.63. The maximum absolute atomic E-state index is 10.7. The highest BCUT2D eigenvalue weighted by Crippen LogP contribution is 2.16. The first-order valence-corrected chi connectivity index (χ1v) is 3.13. The molecule has 0 unspecified atom stereocenters. The van der Waals surface area contributed by atoms with Gasteiger partial charge in [-0.1, -0.05) is 6.92 Å². The van der Waals surface area contributed by atoms with Crippen LogP contribution in [-0.2, 0) is 9.59 Å². The second-order valence-corrected chi connectivity index (χ2v) is 2.54. The van der Waals surface area contributed by atoms with E-state index in [9.17, 15) is 9.59 Å². The van der Waals surface area contributed by atoms with E-state index < -0.39 is 11.9 Å². The molecule has 4 nitrogen and oxygen atoms in total. The summed E-state index contributed by atoms with van der Waals surface area (Å²) in [5.74, 6) is -2.30. The minimum Gasteiger partial charge on any atom is -0.481 e. The number of carboxylic acid groups (broad SMARTS) is 1. The number of aliphatic carboxylic acids is 1. The molecular formula is C6H9NO3. The van der Waals surface area contributed by atoms with Crippen molar-refractivity contribution in [3.8, 4) is 0 Å². The Morgan fingerprint density at radius 3 is 2.60 bits per heavy atom. The van der Waals surface area contributed by atoms with E-state index in [1.165, 1.54) is 0 Å². The van der Waals surface area contributed by atoms with Crippen molar-refractivity contribution in [3.63, 3.8) is 0 Å². The summed E-state index contributed by atoms with van der Waals surface area (Å²) in [7, 11) is 0. The van der Waals surface area contributed by atoms with Crippen LogP contribution in [0.5, 0.6) is 0 Å². The third-order valence-electron chi connectivity index (χ3n) is 1.72. The number of carbonyl (C=O) groups is 2. The predicted octanol–water partition coefficient (Wildman–Crippen LogP) is -0.547. The molecule has 1 amide bonds. The third-order valence-corrected chi connectivity index (χ3v) is 1.72. The molecule has 56 valence electrons. The van der Waals surface area contributed by atoms with Crippen LogP contribution in [0.1, 0.15) is 6.92 Å². The fraction of sp³-hybridized carbons (Fsp3) is 0.667. The first-order chi connectivity index (χ1) is 4.63. The largest absolute Gasteiger partial charge is 0.481 e. The lowest BCUT2D eigenvalue weighted by atomic mass is 9.98. The fourth-order valence-corrected chi connectivity index (χ4v) is 1.10. The SMILES string of the molecule is C[C@@H]1CNC(=O)[C@H]1C(=O)O. The highest BCUT2D eigenvalue weighted by Gasteiger charge is 2.37. The van der Waals surface area contributed by atoms with Gasteiger partial charge in [-0.25, -0.2) is 0 Å². The quantitative estimate of drug-likeness (QED) is 0.484. The zero-order valence-electron chi connectivity index (χ0n) is 5.63. The van der Waals surface area contributed by atoms with E-state index in [1.54, 1.807) is 6.92 Å². The van der Waals surface area contributed by atoms with Crippen molar-refractivity contribution in [2.75, 3.05) is 6.54 Å². The van der Waals surface area contributed by atoms with Crippen molar-refractivity contribution in [1.82, 2.24) is 5.32 Å². The van der Waals surface area contributed by atoms with Crippen LogP contribution in [0, 0.1) is 11.8 Å². The molecule has 1 heterocycles. The Morgan fingerprint density at radius 2 is 2.40 bits per heavy atom. The van der Waals surface area contributed by atoms with Gasteiger partial charge in [-0.15, -0.1) is 0 Å². The molecular weight excluding hydrogens is 134 g/mol. The summed E-state index contributed by atoms with van der Waals surface area (Å²) in [4.78, 5) is 21.1. The van der Waals surface area contributed by atoms with Crippen molar-refractivity contribution in [2.24, 2.45) is 11.8 Å². The smallest absolute Gasteiger partial charge is 0.316 e. The summed E-state index contributed by atoms with van der Waals surface area (Å²) in [5, 5.41) is 11.0. The molecule has 0 spiro atoms. The summed E-state index contributed by atoms with van der Waals surface area (Å²) in [5.41, 5.74) is 0. The van der Waals surface area contributed by atoms with Crippen molar-refractivity contribution in [3.05, 3.63) is 0 Å². The summed E-state index contributed by atoms with van der Waals surface area (Å²) in [6.07, 6.45) is 0. The summed E-state index contributed by atoms with van der Waals surface area (Å²) >= 11 is 0. The zero-order chi connectivity index (χ0) is 7.72. The number of carboxylic acids is 1. The van der Waals surface area contributed by atoms with Gasteiger partial charge >= 0.3 is 5.97 Å². The van der Waals surface area contributed by atoms with Gasteiger partial charge in [-0.05, 0) is 5.92 Å². The summed E-state index contributed by atoms with van der Waals surface area (Å²) in [6.45, 7) is 2.23. The van der Waals surface area contributed by atoms with E-state index >= 15 is 0 Å². The summed E-state index contributed by atoms with van der Waals surface area (Å²) in [6, 6.07) is 0. The molecule has 0 radical (unpaired) electrons. The monoisotopic (exact) mass is 143 g/mol. The van der Waals surface area contributed by atoms with Gasteiger partial charge in [0, 0.05) is 6.54 Å². The minimum atomic E-state index is -1.03. The maximum atomic E-state index is 10.7. The number of hydrogen-bond donors (Lipinski definition) is 2. The van der Waals surface area contributed by atoms with Crippen LogP contribution in [0.2, 0.25) is 0 Å². The first kappa shape index (κ1) is 7.05. The molecule has 1 fully saturated rings. The lowest BCUT2D eigenvalue weighted by Crippen LogP contribution is -2.26. The Bertz CT molecular complexity index is 178. The Hall–Kier alpha value is -1.06. The second-order valence-electron chi connectivity index (χ2n) is 2.54. The number of rotatable bonds is 1. The Kier molecular flexibility index (Phi) is 1.61. The Labute approximate surface area is 58.2 Å². The van der Waals surface area contributed by atoms with Gasteiger partial charge in [0.1, 0.15) is 5.92 Å². The lowest BCUT2D eigenvalue weighted by molar-refractivity contribution is -0.146. The Morgan fingerprint density at radius 1 is 1.80 bits per heavy atom. The lowest BCUT2D eigenvalue weighted by Gasteiger charge is -2.03. The predicted molar refractivity (Wildman–Crippen MR) is 33.3 cm³/mol. The molecule has 2 atom stereocenters. The molecule has 1 aliphatic heterocycles. The van der Waals surface area contributed by atoms with Crippen LogP contribution < -0.4 is 5.32 Å². The maximum Gasteiger partial charge on any atom is 0.316 e. The van der Waals surface area contributed by atoms with E-state index in [-0.39, 0.29) is 11.8 Å². The minimum absolute atomic E-state index is 0.0787. The molecule has 1 saturated heterocycles. The number of hydrogen-bond acceptors (Lipinski definition) is 2.